The zero-order valence-corrected chi connectivity index (χ0v) is 14.0. The molecule has 0 aliphatic carbocycles. The molecule has 2 aromatic rings. The number of nitrogens with zero attached hydrogens (tertiary/aromatic N) is 2. The number of urea groups is 1. The van der Waals surface area contributed by atoms with E-state index < -0.39 is 4.92 Å². The number of benzene rings is 2. The molecule has 2 aromatic carbocycles. The molecule has 1 N–H and O–H groups in total. The van der Waals surface area contributed by atoms with Crippen LogP contribution in [0.1, 0.15) is 18.9 Å². The number of nitro benzene ring substituents is 1. The number of hydrogen-bond acceptors (Lipinski definition) is 3. The monoisotopic (exact) mass is 347 g/mol. The largest absolute Gasteiger partial charge is 0.322 e. The van der Waals surface area contributed by atoms with Crippen LogP contribution in [0, 0.1) is 10.1 Å². The van der Waals surface area contributed by atoms with Gasteiger partial charge in [0, 0.05) is 24.8 Å². The summed E-state index contributed by atoms with van der Waals surface area (Å²) in [6.45, 7) is 3.03. The fraction of sp³-hybridized carbons (Fsp3) is 0.235. The smallest absolute Gasteiger partial charge is 0.320 e. The fourth-order valence-electron chi connectivity index (χ4n) is 2.26. The van der Waals surface area contributed by atoms with E-state index >= 15 is 0 Å². The summed E-state index contributed by atoms with van der Waals surface area (Å²) in [7, 11) is 0. The predicted molar refractivity (Wildman–Crippen MR) is 94.3 cm³/mol. The zero-order valence-electron chi connectivity index (χ0n) is 13.2. The maximum Gasteiger partial charge on any atom is 0.322 e. The minimum absolute atomic E-state index is 0.0349. The Hall–Kier alpha value is -2.60. The Labute approximate surface area is 145 Å². The molecule has 2 amide bonds. The van der Waals surface area contributed by atoms with E-state index in [4.69, 9.17) is 11.6 Å². The van der Waals surface area contributed by atoms with Crippen molar-refractivity contribution in [2.75, 3.05) is 11.9 Å². The molecule has 24 heavy (non-hydrogen) atoms. The third kappa shape index (κ3) is 4.70. The lowest BCUT2D eigenvalue weighted by Crippen LogP contribution is -2.35. The highest BCUT2D eigenvalue weighted by molar-refractivity contribution is 6.32. The zero-order chi connectivity index (χ0) is 17.5. The molecule has 7 heteroatoms. The Bertz CT molecular complexity index is 722. The number of halogens is 1. The second-order valence-electron chi connectivity index (χ2n) is 5.26. The number of anilines is 1. The van der Waals surface area contributed by atoms with Gasteiger partial charge in [0.15, 0.2) is 0 Å². The highest BCUT2D eigenvalue weighted by Crippen LogP contribution is 2.27. The van der Waals surface area contributed by atoms with Gasteiger partial charge in [0.2, 0.25) is 0 Å². The van der Waals surface area contributed by atoms with E-state index in [1.54, 1.807) is 11.0 Å². The van der Waals surface area contributed by atoms with Crippen LogP contribution in [0.3, 0.4) is 0 Å². The van der Waals surface area contributed by atoms with Crippen LogP contribution in [0.4, 0.5) is 16.2 Å². The summed E-state index contributed by atoms with van der Waals surface area (Å²) in [4.78, 5) is 24.5. The topological polar surface area (TPSA) is 75.5 Å². The van der Waals surface area contributed by atoms with Crippen molar-refractivity contribution in [2.24, 2.45) is 0 Å². The van der Waals surface area contributed by atoms with Gasteiger partial charge in [0.05, 0.1) is 4.92 Å². The molecule has 0 unspecified atom stereocenters. The van der Waals surface area contributed by atoms with Crippen LogP contribution in [0.15, 0.2) is 48.5 Å². The molecule has 0 bridgehead atoms. The van der Waals surface area contributed by atoms with Gasteiger partial charge in [0.25, 0.3) is 5.69 Å². The summed E-state index contributed by atoms with van der Waals surface area (Å²) in [6.07, 6.45) is 0.807. The van der Waals surface area contributed by atoms with Crippen molar-refractivity contribution in [1.29, 1.82) is 0 Å². The predicted octanol–water partition coefficient (Wildman–Crippen LogP) is 4.69. The normalized spacial score (nSPS) is 10.2. The Morgan fingerprint density at radius 3 is 2.58 bits per heavy atom. The van der Waals surface area contributed by atoms with Crippen molar-refractivity contribution in [3.8, 4) is 0 Å². The SMILES string of the molecule is CCCN(Cc1ccccc1)C(=O)Nc1ccc(Cl)c([N+](=O)[O-])c1. The minimum Gasteiger partial charge on any atom is -0.320 e. The maximum absolute atomic E-state index is 12.5. The van der Waals surface area contributed by atoms with E-state index in [1.165, 1.54) is 12.1 Å². The molecular weight excluding hydrogens is 330 g/mol. The van der Waals surface area contributed by atoms with Gasteiger partial charge in [-0.2, -0.15) is 0 Å². The molecule has 2 rings (SSSR count). The number of nitro groups is 1. The molecule has 0 saturated carbocycles. The lowest BCUT2D eigenvalue weighted by atomic mass is 10.2. The quantitative estimate of drug-likeness (QED) is 0.608. The third-order valence-corrected chi connectivity index (χ3v) is 3.71. The van der Waals surface area contributed by atoms with Crippen LogP contribution in [0.2, 0.25) is 5.02 Å². The van der Waals surface area contributed by atoms with E-state index in [2.05, 4.69) is 5.32 Å². The summed E-state index contributed by atoms with van der Waals surface area (Å²) in [6, 6.07) is 13.5. The second-order valence-corrected chi connectivity index (χ2v) is 5.67. The lowest BCUT2D eigenvalue weighted by molar-refractivity contribution is -0.384. The van der Waals surface area contributed by atoms with Crippen LogP contribution in [-0.2, 0) is 6.54 Å². The number of hydrogen-bond donors (Lipinski definition) is 1. The first kappa shape index (κ1) is 17.7. The molecule has 0 spiro atoms. The average Bonchev–Trinajstić information content (AvgIpc) is 2.57. The van der Waals surface area contributed by atoms with E-state index in [0.29, 0.717) is 18.8 Å². The fourth-order valence-corrected chi connectivity index (χ4v) is 2.45. The van der Waals surface area contributed by atoms with Gasteiger partial charge in [0.1, 0.15) is 5.02 Å². The highest BCUT2D eigenvalue weighted by atomic mass is 35.5. The summed E-state index contributed by atoms with van der Waals surface area (Å²) >= 11 is 5.78. The molecule has 0 saturated heterocycles. The van der Waals surface area contributed by atoms with Crippen LogP contribution in [0.5, 0.6) is 0 Å². The lowest BCUT2D eigenvalue weighted by Gasteiger charge is -2.22. The van der Waals surface area contributed by atoms with E-state index in [9.17, 15) is 14.9 Å². The van der Waals surface area contributed by atoms with Crippen molar-refractivity contribution >= 4 is 29.0 Å². The first-order valence-corrected chi connectivity index (χ1v) is 7.93. The molecule has 0 aromatic heterocycles. The molecule has 0 radical (unpaired) electrons. The van der Waals surface area contributed by atoms with Gasteiger partial charge in [-0.15, -0.1) is 0 Å². The van der Waals surface area contributed by atoms with Gasteiger partial charge >= 0.3 is 6.03 Å². The van der Waals surface area contributed by atoms with Gasteiger partial charge in [-0.25, -0.2) is 4.79 Å². The molecule has 0 heterocycles. The standard InChI is InChI=1S/C17H18ClN3O3/c1-2-10-20(12-13-6-4-3-5-7-13)17(22)19-14-8-9-15(18)16(11-14)21(23)24/h3-9,11H,2,10,12H2,1H3,(H,19,22). The number of nitrogens with one attached hydrogen (secondary N) is 1. The van der Waals surface area contributed by atoms with Crippen LogP contribution < -0.4 is 5.32 Å². The van der Waals surface area contributed by atoms with Gasteiger partial charge in [-0.1, -0.05) is 48.9 Å². The Kier molecular flexibility index (Phi) is 6.14. The van der Waals surface area contributed by atoms with E-state index in [-0.39, 0.29) is 16.7 Å². The number of amides is 2. The molecule has 0 fully saturated rings. The number of rotatable bonds is 6. The number of carbonyl (C=O) groups is 1. The van der Waals surface area contributed by atoms with E-state index in [0.717, 1.165) is 12.0 Å². The Morgan fingerprint density at radius 2 is 1.96 bits per heavy atom. The molecular formula is C17H18ClN3O3. The summed E-state index contributed by atoms with van der Waals surface area (Å²) in [5.74, 6) is 0. The van der Waals surface area contributed by atoms with Gasteiger partial charge in [-0.05, 0) is 24.1 Å². The van der Waals surface area contributed by atoms with Crippen molar-refractivity contribution in [3.05, 3.63) is 69.2 Å². The summed E-state index contributed by atoms with van der Waals surface area (Å²) < 4.78 is 0. The van der Waals surface area contributed by atoms with Crippen molar-refractivity contribution in [2.45, 2.75) is 19.9 Å². The molecule has 126 valence electrons. The van der Waals surface area contributed by atoms with Crippen molar-refractivity contribution < 1.29 is 9.72 Å². The first-order valence-electron chi connectivity index (χ1n) is 7.55. The Balaban J connectivity index is 2.13. The first-order chi connectivity index (χ1) is 11.5. The highest BCUT2D eigenvalue weighted by Gasteiger charge is 2.17. The average molecular weight is 348 g/mol. The van der Waals surface area contributed by atoms with Crippen LogP contribution in [0.25, 0.3) is 0 Å². The number of carbonyl (C=O) groups excluding carboxylic acids is 1. The summed E-state index contributed by atoms with van der Waals surface area (Å²) in [5, 5.41) is 13.7. The third-order valence-electron chi connectivity index (χ3n) is 3.39. The second kappa shape index (κ2) is 8.31. The van der Waals surface area contributed by atoms with Gasteiger partial charge in [-0.3, -0.25) is 10.1 Å². The van der Waals surface area contributed by atoms with Gasteiger partial charge < -0.3 is 10.2 Å². The minimum atomic E-state index is -0.578. The molecule has 0 atom stereocenters. The van der Waals surface area contributed by atoms with Crippen molar-refractivity contribution in [3.63, 3.8) is 0 Å². The van der Waals surface area contributed by atoms with Crippen molar-refractivity contribution in [1.82, 2.24) is 4.90 Å². The van der Waals surface area contributed by atoms with Crippen LogP contribution >= 0.6 is 11.6 Å². The molecule has 0 aliphatic rings. The van der Waals surface area contributed by atoms with Crippen LogP contribution in [-0.4, -0.2) is 22.4 Å². The molecule has 0 aliphatic heterocycles. The Morgan fingerprint density at radius 1 is 1.25 bits per heavy atom. The molecule has 6 nitrogen and oxygen atoms in total. The van der Waals surface area contributed by atoms with E-state index in [1.807, 2.05) is 37.3 Å². The maximum atomic E-state index is 12.5. The summed E-state index contributed by atoms with van der Waals surface area (Å²) in [5.41, 5.74) is 1.12.